The van der Waals surface area contributed by atoms with Crippen LogP contribution < -0.4 is 4.90 Å². The monoisotopic (exact) mass is 376 g/mol. The van der Waals surface area contributed by atoms with Crippen LogP contribution in [0.3, 0.4) is 0 Å². The number of aryl methyl sites for hydroxylation is 1. The van der Waals surface area contributed by atoms with E-state index in [1.165, 1.54) is 16.7 Å². The second kappa shape index (κ2) is 6.71. The number of fused-ring (bicyclic) bond motifs is 1. The Balaban J connectivity index is 1.33. The molecule has 0 aromatic heterocycles. The molecule has 2 aromatic rings. The average molecular weight is 377 g/mol. The molecule has 146 valence electrons. The maximum absolute atomic E-state index is 12.7. The molecule has 1 N–H and O–H groups in total. The Morgan fingerprint density at radius 3 is 2.46 bits per heavy atom. The third kappa shape index (κ3) is 2.55. The molecule has 4 heteroatoms. The summed E-state index contributed by atoms with van der Waals surface area (Å²) in [6, 6.07) is 17.2. The van der Waals surface area contributed by atoms with Crippen LogP contribution in [0.2, 0.25) is 0 Å². The lowest BCUT2D eigenvalue weighted by molar-refractivity contribution is -0.140. The van der Waals surface area contributed by atoms with E-state index in [1.54, 1.807) is 0 Å². The largest absolute Gasteiger partial charge is 0.395 e. The van der Waals surface area contributed by atoms with E-state index in [0.29, 0.717) is 6.04 Å². The van der Waals surface area contributed by atoms with Crippen molar-refractivity contribution in [3.63, 3.8) is 0 Å². The van der Waals surface area contributed by atoms with Gasteiger partial charge in [-0.05, 0) is 61.4 Å². The fourth-order valence-electron chi connectivity index (χ4n) is 5.82. The first-order valence-corrected chi connectivity index (χ1v) is 10.5. The number of hydrogen-bond acceptors (Lipinski definition) is 3. The molecular formula is C24H28N2O2. The third-order valence-corrected chi connectivity index (χ3v) is 7.39. The molecule has 2 unspecified atom stereocenters. The quantitative estimate of drug-likeness (QED) is 0.838. The number of nitrogens with zero attached hydrogens (tertiary/aromatic N) is 2. The van der Waals surface area contributed by atoms with Crippen LogP contribution in [0.15, 0.2) is 48.5 Å². The van der Waals surface area contributed by atoms with Crippen LogP contribution in [0.1, 0.15) is 29.5 Å². The van der Waals surface area contributed by atoms with Gasteiger partial charge in [-0.25, -0.2) is 0 Å². The van der Waals surface area contributed by atoms with E-state index in [4.69, 9.17) is 0 Å². The average Bonchev–Trinajstić information content (AvgIpc) is 3.15. The molecule has 28 heavy (non-hydrogen) atoms. The van der Waals surface area contributed by atoms with Crippen LogP contribution in [-0.2, 0) is 17.6 Å². The lowest BCUT2D eigenvalue weighted by Gasteiger charge is -2.60. The number of hydrogen-bond donors (Lipinski definition) is 1. The first-order valence-electron chi connectivity index (χ1n) is 10.5. The number of aliphatic hydroxyl groups is 1. The number of likely N-dealkylation sites (tertiary alicyclic amines) is 1. The predicted molar refractivity (Wildman–Crippen MR) is 110 cm³/mol. The molecule has 2 atom stereocenters. The van der Waals surface area contributed by atoms with E-state index in [2.05, 4.69) is 30.0 Å². The van der Waals surface area contributed by atoms with Crippen molar-refractivity contribution in [2.45, 2.75) is 44.2 Å². The van der Waals surface area contributed by atoms with Crippen molar-refractivity contribution in [1.82, 2.24) is 4.90 Å². The molecule has 2 heterocycles. The predicted octanol–water partition coefficient (Wildman–Crippen LogP) is 2.95. The maximum atomic E-state index is 12.7. The van der Waals surface area contributed by atoms with Gasteiger partial charge in [-0.3, -0.25) is 9.69 Å². The van der Waals surface area contributed by atoms with E-state index >= 15 is 0 Å². The molecular weight excluding hydrogens is 348 g/mol. The van der Waals surface area contributed by atoms with Crippen LogP contribution >= 0.6 is 0 Å². The van der Waals surface area contributed by atoms with Gasteiger partial charge in [0.25, 0.3) is 0 Å². The first kappa shape index (κ1) is 17.9. The number of anilines is 1. The molecule has 1 amide bonds. The smallest absolute Gasteiger partial charge is 0.235 e. The van der Waals surface area contributed by atoms with E-state index < -0.39 is 0 Å². The Bertz CT molecular complexity index is 887. The third-order valence-electron chi connectivity index (χ3n) is 7.39. The van der Waals surface area contributed by atoms with E-state index in [9.17, 15) is 9.90 Å². The molecule has 0 radical (unpaired) electrons. The zero-order valence-electron chi connectivity index (χ0n) is 16.5. The Labute approximate surface area is 166 Å². The normalized spacial score (nSPS) is 26.4. The van der Waals surface area contributed by atoms with Gasteiger partial charge in [-0.2, -0.15) is 0 Å². The summed E-state index contributed by atoms with van der Waals surface area (Å²) in [5.74, 6) is -0.177. The van der Waals surface area contributed by atoms with Gasteiger partial charge < -0.3 is 10.0 Å². The molecule has 2 saturated heterocycles. The highest BCUT2D eigenvalue weighted by atomic mass is 16.3. The number of amides is 1. The van der Waals surface area contributed by atoms with E-state index in [1.807, 2.05) is 35.2 Å². The van der Waals surface area contributed by atoms with E-state index in [-0.39, 0.29) is 24.0 Å². The van der Waals surface area contributed by atoms with Crippen molar-refractivity contribution >= 4 is 11.6 Å². The summed E-state index contributed by atoms with van der Waals surface area (Å²) in [7, 11) is 0. The molecule has 1 aliphatic carbocycles. The first-order chi connectivity index (χ1) is 13.6. The van der Waals surface area contributed by atoms with Crippen molar-refractivity contribution in [2.24, 2.45) is 5.92 Å². The minimum atomic E-state index is -0.252. The molecule has 0 bridgehead atoms. The number of carbonyl (C=O) groups is 1. The molecule has 4 nitrogen and oxygen atoms in total. The molecule has 3 aliphatic rings. The van der Waals surface area contributed by atoms with Crippen LogP contribution in [0.4, 0.5) is 5.69 Å². The Morgan fingerprint density at radius 2 is 1.79 bits per heavy atom. The highest BCUT2D eigenvalue weighted by Crippen LogP contribution is 2.48. The van der Waals surface area contributed by atoms with Gasteiger partial charge in [-0.1, -0.05) is 36.4 Å². The Morgan fingerprint density at radius 1 is 1.04 bits per heavy atom. The summed E-state index contributed by atoms with van der Waals surface area (Å²) in [6.07, 6.45) is 4.14. The van der Waals surface area contributed by atoms with E-state index in [0.717, 1.165) is 44.5 Å². The zero-order valence-corrected chi connectivity index (χ0v) is 16.5. The van der Waals surface area contributed by atoms with Gasteiger partial charge >= 0.3 is 0 Å². The fraction of sp³-hybridized carbons (Fsp3) is 0.458. The second-order valence-corrected chi connectivity index (χ2v) is 8.66. The van der Waals surface area contributed by atoms with Gasteiger partial charge in [0.2, 0.25) is 5.91 Å². The van der Waals surface area contributed by atoms with Gasteiger partial charge in [0, 0.05) is 24.8 Å². The van der Waals surface area contributed by atoms with Crippen LogP contribution in [0, 0.1) is 12.8 Å². The van der Waals surface area contributed by atoms with Crippen LogP contribution in [0.5, 0.6) is 0 Å². The minimum Gasteiger partial charge on any atom is -0.395 e. The summed E-state index contributed by atoms with van der Waals surface area (Å²) < 4.78 is 0. The number of rotatable bonds is 3. The van der Waals surface area contributed by atoms with Gasteiger partial charge in [0.1, 0.15) is 0 Å². The maximum Gasteiger partial charge on any atom is 0.235 e. The molecule has 2 aliphatic heterocycles. The number of carbonyl (C=O) groups excluding carboxylic acids is 1. The van der Waals surface area contributed by atoms with Crippen molar-refractivity contribution in [3.8, 4) is 0 Å². The molecule has 0 saturated carbocycles. The number of piperidine rings is 1. The number of benzene rings is 2. The standard InChI is InChI=1S/C24H28N2O2/c1-17-6-5-7-18-14-20(15-21(17)18)25-12-10-24(11-13-25)22(16-27)23(28)26(24)19-8-3-2-4-9-19/h2-9,20,22,27H,10-16H2,1H3. The Hall–Kier alpha value is -2.17. The van der Waals surface area contributed by atoms with Gasteiger partial charge in [0.15, 0.2) is 0 Å². The van der Waals surface area contributed by atoms with Crippen molar-refractivity contribution in [2.75, 3.05) is 24.6 Å². The molecule has 1 spiro atoms. The molecule has 2 fully saturated rings. The SMILES string of the molecule is Cc1cccc2c1CC(N1CCC3(CC1)C(CO)C(=O)N3c1ccccc1)C2. The van der Waals surface area contributed by atoms with Crippen LogP contribution in [0.25, 0.3) is 0 Å². The second-order valence-electron chi connectivity index (χ2n) is 8.66. The highest BCUT2D eigenvalue weighted by molar-refractivity contribution is 6.05. The number of β-lactam (4-membered cyclic amide) rings is 1. The zero-order chi connectivity index (χ0) is 19.3. The number of aliphatic hydroxyl groups excluding tert-OH is 1. The van der Waals surface area contributed by atoms with Crippen LogP contribution in [-0.4, -0.2) is 47.2 Å². The summed E-state index contributed by atoms with van der Waals surface area (Å²) in [5, 5.41) is 9.90. The molecule has 5 rings (SSSR count). The summed E-state index contributed by atoms with van der Waals surface area (Å²) in [4.78, 5) is 17.3. The fourth-order valence-corrected chi connectivity index (χ4v) is 5.82. The summed E-state index contributed by atoms with van der Waals surface area (Å²) in [6.45, 7) is 4.15. The summed E-state index contributed by atoms with van der Waals surface area (Å²) in [5.41, 5.74) is 5.20. The van der Waals surface area contributed by atoms with Gasteiger partial charge in [0.05, 0.1) is 18.1 Å². The Kier molecular flexibility index (Phi) is 4.29. The lowest BCUT2D eigenvalue weighted by Crippen LogP contribution is -2.75. The van der Waals surface area contributed by atoms with Gasteiger partial charge in [-0.15, -0.1) is 0 Å². The van der Waals surface area contributed by atoms with Crippen molar-refractivity contribution < 1.29 is 9.90 Å². The van der Waals surface area contributed by atoms with Crippen molar-refractivity contribution in [1.29, 1.82) is 0 Å². The lowest BCUT2D eigenvalue weighted by atomic mass is 9.67. The van der Waals surface area contributed by atoms with Crippen molar-refractivity contribution in [3.05, 3.63) is 65.2 Å². The minimum absolute atomic E-state index is 0.0454. The molecule has 2 aromatic carbocycles. The number of para-hydroxylation sites is 1. The summed E-state index contributed by atoms with van der Waals surface area (Å²) >= 11 is 0. The highest BCUT2D eigenvalue weighted by Gasteiger charge is 2.60. The topological polar surface area (TPSA) is 43.8 Å².